The van der Waals surface area contributed by atoms with Gasteiger partial charge in [-0.2, -0.15) is 0 Å². The van der Waals surface area contributed by atoms with Crippen LogP contribution in [0.5, 0.6) is 0 Å². The Bertz CT molecular complexity index is 917. The smallest absolute Gasteiger partial charge is 0.407 e. The quantitative estimate of drug-likeness (QED) is 0.457. The number of nitrogens with zero attached hydrogens (tertiary/aromatic N) is 1. The molecule has 2 unspecified atom stereocenters. The predicted octanol–water partition coefficient (Wildman–Crippen LogP) is 3.15. The monoisotopic (exact) mass is 410 g/mol. The van der Waals surface area contributed by atoms with Crippen molar-refractivity contribution in [3.05, 3.63) is 66.0 Å². The van der Waals surface area contributed by atoms with Crippen LogP contribution in [0.1, 0.15) is 32.2 Å². The summed E-state index contributed by atoms with van der Waals surface area (Å²) in [6.07, 6.45) is -0.852. The molecule has 2 atom stereocenters. The summed E-state index contributed by atoms with van der Waals surface area (Å²) in [6, 6.07) is 17.1. The van der Waals surface area contributed by atoms with Crippen LogP contribution in [0.3, 0.4) is 0 Å². The number of H-pyrrole nitrogens is 1. The number of fused-ring (bicyclic) bond motifs is 1. The van der Waals surface area contributed by atoms with Gasteiger partial charge in [-0.1, -0.05) is 42.5 Å². The fraction of sp³-hybridized carbons (Fsp3) is 0.391. The zero-order chi connectivity index (χ0) is 21.6. The summed E-state index contributed by atoms with van der Waals surface area (Å²) in [4.78, 5) is 20.1. The van der Waals surface area contributed by atoms with Gasteiger partial charge in [0.1, 0.15) is 11.4 Å². The number of benzene rings is 2. The molecule has 0 aliphatic rings. The lowest BCUT2D eigenvalue weighted by atomic mass is 10.0. The lowest BCUT2D eigenvalue weighted by molar-refractivity contribution is 0.0422. The van der Waals surface area contributed by atoms with Gasteiger partial charge >= 0.3 is 6.09 Å². The zero-order valence-electron chi connectivity index (χ0n) is 17.7. The number of aromatic amines is 1. The van der Waals surface area contributed by atoms with E-state index in [2.05, 4.69) is 20.6 Å². The molecule has 1 aromatic heterocycles. The number of aliphatic hydroxyl groups is 1. The van der Waals surface area contributed by atoms with Gasteiger partial charge in [0.25, 0.3) is 0 Å². The maximum atomic E-state index is 12.3. The molecule has 0 bridgehead atoms. The van der Waals surface area contributed by atoms with Gasteiger partial charge in [-0.15, -0.1) is 0 Å². The van der Waals surface area contributed by atoms with Crippen molar-refractivity contribution in [2.45, 2.75) is 51.5 Å². The van der Waals surface area contributed by atoms with E-state index in [0.29, 0.717) is 19.5 Å². The molecule has 0 aliphatic heterocycles. The molecule has 1 heterocycles. The topological polar surface area (TPSA) is 99.3 Å². The molecule has 1 amide bonds. The molecule has 0 fully saturated rings. The lowest BCUT2D eigenvalue weighted by Crippen LogP contribution is -2.49. The van der Waals surface area contributed by atoms with E-state index in [1.165, 1.54) is 0 Å². The third-order valence-electron chi connectivity index (χ3n) is 4.55. The maximum absolute atomic E-state index is 12.3. The molecule has 3 aromatic rings. The number of aromatic nitrogens is 2. The van der Waals surface area contributed by atoms with Crippen molar-refractivity contribution in [1.82, 2.24) is 20.6 Å². The number of hydrogen-bond donors (Lipinski definition) is 4. The number of ether oxygens (including phenoxy) is 1. The largest absolute Gasteiger partial charge is 0.444 e. The molecule has 0 aliphatic carbocycles. The van der Waals surface area contributed by atoms with Crippen molar-refractivity contribution in [2.75, 3.05) is 6.54 Å². The normalized spacial score (nSPS) is 13.7. The van der Waals surface area contributed by atoms with Gasteiger partial charge in [0, 0.05) is 6.54 Å². The Morgan fingerprint density at radius 1 is 1.13 bits per heavy atom. The predicted molar refractivity (Wildman–Crippen MR) is 117 cm³/mol. The molecule has 0 saturated carbocycles. The first kappa shape index (κ1) is 21.8. The molecule has 0 spiro atoms. The Kier molecular flexibility index (Phi) is 7.07. The fourth-order valence-electron chi connectivity index (χ4n) is 3.18. The number of alkyl carbamates (subject to hydrolysis) is 1. The standard InChI is InChI=1S/C23H30N4O3/c1-23(2,3)30-22(29)27-19(13-16-9-5-4-6-10-16)20(28)14-24-15-21-25-17-11-7-8-12-18(17)26-21/h4-12,19-20,24,28H,13-15H2,1-3H3,(H,25,26)(H,27,29). The molecule has 30 heavy (non-hydrogen) atoms. The third-order valence-corrected chi connectivity index (χ3v) is 4.55. The average Bonchev–Trinajstić information content (AvgIpc) is 3.09. The van der Waals surface area contributed by atoms with Crippen LogP contribution >= 0.6 is 0 Å². The summed E-state index contributed by atoms with van der Waals surface area (Å²) < 4.78 is 5.37. The van der Waals surface area contributed by atoms with Crippen molar-refractivity contribution in [2.24, 2.45) is 0 Å². The summed E-state index contributed by atoms with van der Waals surface area (Å²) in [5, 5.41) is 16.8. The van der Waals surface area contributed by atoms with Crippen LogP contribution in [0.2, 0.25) is 0 Å². The summed E-state index contributed by atoms with van der Waals surface area (Å²) in [7, 11) is 0. The Morgan fingerprint density at radius 2 is 1.83 bits per heavy atom. The number of rotatable bonds is 8. The van der Waals surface area contributed by atoms with Crippen molar-refractivity contribution < 1.29 is 14.6 Å². The van der Waals surface area contributed by atoms with E-state index in [4.69, 9.17) is 4.74 Å². The SMILES string of the molecule is CC(C)(C)OC(=O)NC(Cc1ccccc1)C(O)CNCc1nc2ccccc2[nH]1. The molecule has 7 nitrogen and oxygen atoms in total. The number of carbonyl (C=O) groups is 1. The molecule has 0 saturated heterocycles. The minimum Gasteiger partial charge on any atom is -0.444 e. The maximum Gasteiger partial charge on any atom is 0.407 e. The van der Waals surface area contributed by atoms with Crippen molar-refractivity contribution in [1.29, 1.82) is 0 Å². The highest BCUT2D eigenvalue weighted by molar-refractivity contribution is 5.74. The van der Waals surface area contributed by atoms with Crippen LogP contribution in [0.15, 0.2) is 54.6 Å². The van der Waals surface area contributed by atoms with Crippen LogP contribution in [-0.2, 0) is 17.7 Å². The van der Waals surface area contributed by atoms with Crippen molar-refractivity contribution >= 4 is 17.1 Å². The van der Waals surface area contributed by atoms with Gasteiger partial charge in [-0.3, -0.25) is 0 Å². The van der Waals surface area contributed by atoms with E-state index < -0.39 is 23.8 Å². The minimum atomic E-state index is -0.804. The fourth-order valence-corrected chi connectivity index (χ4v) is 3.18. The van der Waals surface area contributed by atoms with Crippen LogP contribution in [-0.4, -0.2) is 45.5 Å². The summed E-state index contributed by atoms with van der Waals surface area (Å²) >= 11 is 0. The molecular weight excluding hydrogens is 380 g/mol. The molecule has 7 heteroatoms. The van der Waals surface area contributed by atoms with Gasteiger partial charge in [0.15, 0.2) is 0 Å². The molecule has 2 aromatic carbocycles. The number of hydrogen-bond acceptors (Lipinski definition) is 5. The molecule has 3 rings (SSSR count). The van der Waals surface area contributed by atoms with Gasteiger partial charge in [0.2, 0.25) is 0 Å². The number of nitrogens with one attached hydrogen (secondary N) is 3. The molecule has 0 radical (unpaired) electrons. The third kappa shape index (κ3) is 6.57. The second-order valence-electron chi connectivity index (χ2n) is 8.34. The summed E-state index contributed by atoms with van der Waals surface area (Å²) in [6.45, 7) is 6.21. The number of amides is 1. The summed E-state index contributed by atoms with van der Waals surface area (Å²) in [5.41, 5.74) is 2.30. The highest BCUT2D eigenvalue weighted by Gasteiger charge is 2.25. The Hall–Kier alpha value is -2.90. The van der Waals surface area contributed by atoms with E-state index in [9.17, 15) is 9.90 Å². The lowest BCUT2D eigenvalue weighted by Gasteiger charge is -2.27. The number of imidazole rings is 1. The minimum absolute atomic E-state index is 0.296. The first-order valence-corrected chi connectivity index (χ1v) is 10.2. The van der Waals surface area contributed by atoms with Gasteiger partial charge in [-0.05, 0) is 44.9 Å². The van der Waals surface area contributed by atoms with E-state index in [1.807, 2.05) is 75.4 Å². The second-order valence-corrected chi connectivity index (χ2v) is 8.34. The number of para-hydroxylation sites is 2. The second kappa shape index (κ2) is 9.73. The molecule has 4 N–H and O–H groups in total. The average molecular weight is 411 g/mol. The Morgan fingerprint density at radius 3 is 2.53 bits per heavy atom. The Balaban J connectivity index is 1.59. The first-order valence-electron chi connectivity index (χ1n) is 10.2. The zero-order valence-corrected chi connectivity index (χ0v) is 17.7. The number of carbonyl (C=O) groups excluding carboxylic acids is 1. The van der Waals surface area contributed by atoms with Crippen molar-refractivity contribution in [3.63, 3.8) is 0 Å². The highest BCUT2D eigenvalue weighted by Crippen LogP contribution is 2.12. The molecular formula is C23H30N4O3. The van der Waals surface area contributed by atoms with E-state index >= 15 is 0 Å². The first-order chi connectivity index (χ1) is 14.3. The van der Waals surface area contributed by atoms with Crippen LogP contribution in [0.4, 0.5) is 4.79 Å². The molecule has 160 valence electrons. The van der Waals surface area contributed by atoms with E-state index in [-0.39, 0.29) is 0 Å². The van der Waals surface area contributed by atoms with Gasteiger partial charge in [0.05, 0.1) is 29.7 Å². The summed E-state index contributed by atoms with van der Waals surface area (Å²) in [5.74, 6) is 0.795. The van der Waals surface area contributed by atoms with Crippen molar-refractivity contribution in [3.8, 4) is 0 Å². The van der Waals surface area contributed by atoms with Crippen LogP contribution < -0.4 is 10.6 Å². The van der Waals surface area contributed by atoms with E-state index in [1.54, 1.807) is 0 Å². The number of aliphatic hydroxyl groups excluding tert-OH is 1. The highest BCUT2D eigenvalue weighted by atomic mass is 16.6. The van der Waals surface area contributed by atoms with E-state index in [0.717, 1.165) is 22.4 Å². The van der Waals surface area contributed by atoms with Crippen LogP contribution in [0, 0.1) is 0 Å². The van der Waals surface area contributed by atoms with Gasteiger partial charge in [-0.25, -0.2) is 9.78 Å². The van der Waals surface area contributed by atoms with Gasteiger partial charge < -0.3 is 25.5 Å². The Labute approximate surface area is 176 Å². The van der Waals surface area contributed by atoms with Crippen LogP contribution in [0.25, 0.3) is 11.0 Å².